The Morgan fingerprint density at radius 2 is 0.580 bits per heavy atom. The van der Waals surface area contributed by atoms with Gasteiger partial charge in [0.1, 0.15) is 0 Å². The Bertz CT molecular complexity index is 1830. The fraction of sp³-hybridized carbons (Fsp3) is 0.182. The summed E-state index contributed by atoms with van der Waals surface area (Å²) in [7, 11) is 4.71. The summed E-state index contributed by atoms with van der Waals surface area (Å²) < 4.78 is 24.8. The van der Waals surface area contributed by atoms with Gasteiger partial charge in [0.2, 0.25) is 0 Å². The summed E-state index contributed by atoms with van der Waals surface area (Å²) in [6.07, 6.45) is 0. The van der Waals surface area contributed by atoms with Gasteiger partial charge in [0.15, 0.2) is 23.0 Å². The van der Waals surface area contributed by atoms with Crippen LogP contribution in [0.25, 0.3) is 11.1 Å². The second kappa shape index (κ2) is 15.5. The summed E-state index contributed by atoms with van der Waals surface area (Å²) >= 11 is 0. The molecule has 0 aliphatic carbocycles. The van der Waals surface area contributed by atoms with Crippen molar-refractivity contribution < 1.29 is 18.9 Å². The lowest BCUT2D eigenvalue weighted by Gasteiger charge is -2.29. The summed E-state index contributed by atoms with van der Waals surface area (Å²) in [5.74, 6) is 2.62. The minimum Gasteiger partial charge on any atom is -0.493 e. The van der Waals surface area contributed by atoms with E-state index in [1.54, 1.807) is 28.4 Å². The Kier molecular flexibility index (Phi) is 10.9. The summed E-state index contributed by atoms with van der Waals surface area (Å²) in [5, 5.41) is 7.24. The number of methoxy groups -OCH3 is 4. The maximum absolute atomic E-state index is 6.37. The molecule has 0 aromatic heterocycles. The SMILES string of the molecule is COc1ccc(P(c2ccc(C)cc2)c2ccc(C)cc2)c(-c2c(P(c3ccc(C)cc3)c3ccc(C)cc3)ccc(OC)c2OC)c1OC. The molecule has 6 rings (SSSR count). The highest BCUT2D eigenvalue weighted by Crippen LogP contribution is 2.51. The Morgan fingerprint density at radius 1 is 0.320 bits per heavy atom. The first kappa shape index (κ1) is 35.2. The molecule has 6 aromatic rings. The second-order valence-electron chi connectivity index (χ2n) is 12.4. The molecule has 6 heteroatoms. The first-order valence-electron chi connectivity index (χ1n) is 16.6. The van der Waals surface area contributed by atoms with Crippen molar-refractivity contribution in [2.75, 3.05) is 28.4 Å². The molecule has 0 spiro atoms. The van der Waals surface area contributed by atoms with Crippen molar-refractivity contribution >= 4 is 47.7 Å². The molecule has 254 valence electrons. The molecule has 0 heterocycles. The molecule has 0 amide bonds. The first-order valence-corrected chi connectivity index (χ1v) is 19.3. The van der Waals surface area contributed by atoms with E-state index in [4.69, 9.17) is 18.9 Å². The fourth-order valence-corrected chi connectivity index (χ4v) is 11.1. The number of rotatable bonds is 11. The fourth-order valence-electron chi connectivity index (χ4n) is 6.32. The number of hydrogen-bond donors (Lipinski definition) is 0. The zero-order valence-electron chi connectivity index (χ0n) is 30.1. The molecule has 0 fully saturated rings. The summed E-state index contributed by atoms with van der Waals surface area (Å²) in [5.41, 5.74) is 6.77. The third-order valence-corrected chi connectivity index (χ3v) is 13.9. The highest BCUT2D eigenvalue weighted by Gasteiger charge is 2.32. The molecule has 0 unspecified atom stereocenters. The molecule has 6 aromatic carbocycles. The standard InChI is InChI=1S/C44H44O4P2/c1-29-9-17-33(18-10-29)49(34-19-11-30(2)12-20-34)39-27-25-37(45-5)43(47-7)41(39)42-40(28-26-38(46-6)44(42)48-8)50(35-21-13-31(3)14-22-35)36-23-15-32(4)16-24-36/h9-28H,1-8H3. The molecule has 0 bridgehead atoms. The third kappa shape index (κ3) is 7.02. The van der Waals surface area contributed by atoms with Crippen LogP contribution < -0.4 is 50.8 Å². The lowest BCUT2D eigenvalue weighted by Crippen LogP contribution is -2.27. The largest absolute Gasteiger partial charge is 0.493 e. The van der Waals surface area contributed by atoms with Gasteiger partial charge in [0, 0.05) is 11.1 Å². The maximum atomic E-state index is 6.37. The Balaban J connectivity index is 1.77. The summed E-state index contributed by atoms with van der Waals surface area (Å²) in [6.45, 7) is 8.52. The van der Waals surface area contributed by atoms with Crippen molar-refractivity contribution in [3.63, 3.8) is 0 Å². The predicted octanol–water partition coefficient (Wildman–Crippen LogP) is 8.14. The maximum Gasteiger partial charge on any atom is 0.169 e. The number of benzene rings is 6. The number of aryl methyl sites for hydroxylation is 4. The van der Waals surface area contributed by atoms with E-state index in [0.717, 1.165) is 21.7 Å². The van der Waals surface area contributed by atoms with Crippen LogP contribution in [-0.4, -0.2) is 28.4 Å². The van der Waals surface area contributed by atoms with E-state index in [1.807, 2.05) is 12.1 Å². The Morgan fingerprint density at radius 3 is 0.800 bits per heavy atom. The highest BCUT2D eigenvalue weighted by molar-refractivity contribution is 7.80. The van der Waals surface area contributed by atoms with Gasteiger partial charge in [-0.2, -0.15) is 0 Å². The molecule has 4 nitrogen and oxygen atoms in total. The van der Waals surface area contributed by atoms with E-state index in [9.17, 15) is 0 Å². The van der Waals surface area contributed by atoms with E-state index in [0.29, 0.717) is 23.0 Å². The lowest BCUT2D eigenvalue weighted by molar-refractivity contribution is 0.352. The van der Waals surface area contributed by atoms with Crippen molar-refractivity contribution in [2.45, 2.75) is 27.7 Å². The van der Waals surface area contributed by atoms with Gasteiger partial charge in [0.05, 0.1) is 28.4 Å². The van der Waals surface area contributed by atoms with Gasteiger partial charge in [-0.3, -0.25) is 0 Å². The average molecular weight is 699 g/mol. The van der Waals surface area contributed by atoms with Crippen LogP contribution in [0.5, 0.6) is 23.0 Å². The van der Waals surface area contributed by atoms with Crippen LogP contribution in [0.3, 0.4) is 0 Å². The van der Waals surface area contributed by atoms with E-state index in [1.165, 1.54) is 43.5 Å². The smallest absolute Gasteiger partial charge is 0.169 e. The van der Waals surface area contributed by atoms with Crippen molar-refractivity contribution in [1.29, 1.82) is 0 Å². The Hall–Kier alpha value is -4.62. The Labute approximate surface area is 299 Å². The van der Waals surface area contributed by atoms with Gasteiger partial charge in [-0.25, -0.2) is 0 Å². The summed E-state index contributed by atoms with van der Waals surface area (Å²) in [6, 6.07) is 44.2. The molecule has 0 radical (unpaired) electrons. The molecular weight excluding hydrogens is 654 g/mol. The van der Waals surface area contributed by atoms with Crippen LogP contribution in [0.1, 0.15) is 22.3 Å². The second-order valence-corrected chi connectivity index (χ2v) is 16.8. The molecule has 0 aliphatic rings. The zero-order chi connectivity index (χ0) is 35.4. The number of ether oxygens (including phenoxy) is 4. The van der Waals surface area contributed by atoms with Gasteiger partial charge in [-0.05, 0) is 99.6 Å². The van der Waals surface area contributed by atoms with Gasteiger partial charge in [-0.15, -0.1) is 0 Å². The summed E-state index contributed by atoms with van der Waals surface area (Å²) in [4.78, 5) is 0. The third-order valence-electron chi connectivity index (χ3n) is 8.95. The van der Waals surface area contributed by atoms with Crippen molar-refractivity contribution in [1.82, 2.24) is 0 Å². The van der Waals surface area contributed by atoms with Crippen molar-refractivity contribution in [2.24, 2.45) is 0 Å². The molecular formula is C44H44O4P2. The molecule has 50 heavy (non-hydrogen) atoms. The molecule has 0 aliphatic heterocycles. The van der Waals surface area contributed by atoms with E-state index in [2.05, 4.69) is 137 Å². The van der Waals surface area contributed by atoms with Gasteiger partial charge in [0.25, 0.3) is 0 Å². The average Bonchev–Trinajstić information content (AvgIpc) is 3.14. The minimum absolute atomic E-state index is 0.653. The quantitative estimate of drug-likeness (QED) is 0.128. The van der Waals surface area contributed by atoms with Crippen LogP contribution in [0.2, 0.25) is 0 Å². The lowest BCUT2D eigenvalue weighted by atomic mass is 10.0. The van der Waals surface area contributed by atoms with Crippen LogP contribution in [0, 0.1) is 27.7 Å². The monoisotopic (exact) mass is 698 g/mol. The zero-order valence-corrected chi connectivity index (χ0v) is 31.9. The predicted molar refractivity (Wildman–Crippen MR) is 214 cm³/mol. The normalized spacial score (nSPS) is 11.2. The highest BCUT2D eigenvalue weighted by atomic mass is 31.1. The molecule has 0 saturated heterocycles. The van der Waals surface area contributed by atoms with Gasteiger partial charge >= 0.3 is 0 Å². The molecule has 0 atom stereocenters. The van der Waals surface area contributed by atoms with E-state index in [-0.39, 0.29) is 0 Å². The molecule has 0 N–H and O–H groups in total. The minimum atomic E-state index is -1.06. The van der Waals surface area contributed by atoms with Crippen LogP contribution in [-0.2, 0) is 0 Å². The van der Waals surface area contributed by atoms with E-state index >= 15 is 0 Å². The first-order chi connectivity index (χ1) is 24.3. The van der Waals surface area contributed by atoms with Crippen LogP contribution in [0.15, 0.2) is 121 Å². The van der Waals surface area contributed by atoms with Crippen molar-refractivity contribution in [3.05, 3.63) is 144 Å². The van der Waals surface area contributed by atoms with Gasteiger partial charge < -0.3 is 18.9 Å². The number of hydrogen-bond acceptors (Lipinski definition) is 4. The van der Waals surface area contributed by atoms with Gasteiger partial charge in [-0.1, -0.05) is 119 Å². The van der Waals surface area contributed by atoms with Crippen LogP contribution >= 0.6 is 15.8 Å². The molecule has 0 saturated carbocycles. The van der Waals surface area contributed by atoms with Crippen LogP contribution in [0.4, 0.5) is 0 Å². The van der Waals surface area contributed by atoms with Crippen molar-refractivity contribution in [3.8, 4) is 34.1 Å². The topological polar surface area (TPSA) is 36.9 Å². The van der Waals surface area contributed by atoms with E-state index < -0.39 is 15.8 Å².